The van der Waals surface area contributed by atoms with Crippen LogP contribution in [0.4, 0.5) is 0 Å². The van der Waals surface area contributed by atoms with Gasteiger partial charge in [0, 0.05) is 11.6 Å². The molecule has 1 aromatic carbocycles. The first-order chi connectivity index (χ1) is 6.13. The van der Waals surface area contributed by atoms with Gasteiger partial charge in [0.05, 0.1) is 6.04 Å². The van der Waals surface area contributed by atoms with Gasteiger partial charge in [0.25, 0.3) is 0 Å². The second-order valence-electron chi connectivity index (χ2n) is 3.45. The van der Waals surface area contributed by atoms with Crippen LogP contribution in [0.2, 0.25) is 0 Å². The number of hydrogen-bond donors (Lipinski definition) is 1. The molecule has 0 amide bonds. The minimum atomic E-state index is 0.374. The summed E-state index contributed by atoms with van der Waals surface area (Å²) in [6, 6.07) is 12.3. The summed E-state index contributed by atoms with van der Waals surface area (Å²) in [5.41, 5.74) is 1.49. The maximum atomic E-state index is 2.34. The fraction of sp³-hybridized carbons (Fsp3) is 0.455. The summed E-state index contributed by atoms with van der Waals surface area (Å²) in [5.74, 6) is 0. The zero-order valence-electron chi connectivity index (χ0n) is 8.04. The van der Waals surface area contributed by atoms with E-state index in [1.165, 1.54) is 5.56 Å². The largest absolute Gasteiger partial charge is 0.525 e. The van der Waals surface area contributed by atoms with Crippen molar-refractivity contribution in [1.82, 2.24) is 0 Å². The Morgan fingerprint density at radius 1 is 1.08 bits per heavy atom. The standard InChI is InChI=1S/C11H20BN/c1-9(2)13(12)10(3)11-7-5-4-6-8-11/h4-10,13H,1-3,12H3. The SMILES string of the molecule is [BH3-][NH+](C(C)C)C(C)c1ccccc1. The minimum Gasteiger partial charge on any atom is -0.525 e. The maximum absolute atomic E-state index is 2.34. The van der Waals surface area contributed by atoms with E-state index in [-0.39, 0.29) is 0 Å². The van der Waals surface area contributed by atoms with Gasteiger partial charge in [0.1, 0.15) is 0 Å². The molecule has 0 aliphatic heterocycles. The van der Waals surface area contributed by atoms with E-state index >= 15 is 0 Å². The third-order valence-corrected chi connectivity index (χ3v) is 1.88. The van der Waals surface area contributed by atoms with E-state index in [4.69, 9.17) is 0 Å². The van der Waals surface area contributed by atoms with Crippen molar-refractivity contribution in [3.8, 4) is 0 Å². The normalized spacial score (nSPS) is 15.8. The quantitative estimate of drug-likeness (QED) is 0.634. The van der Waals surface area contributed by atoms with Crippen LogP contribution in [0.5, 0.6) is 0 Å². The van der Waals surface area contributed by atoms with Crippen LogP contribution < -0.4 is 4.81 Å². The van der Waals surface area contributed by atoms with Crippen molar-refractivity contribution in [3.05, 3.63) is 35.9 Å². The fourth-order valence-corrected chi connectivity index (χ4v) is 1.34. The lowest BCUT2D eigenvalue weighted by Gasteiger charge is -2.33. The lowest BCUT2D eigenvalue weighted by Crippen LogP contribution is -3.13. The van der Waals surface area contributed by atoms with Crippen molar-refractivity contribution in [2.45, 2.75) is 32.9 Å². The Kier molecular flexibility index (Phi) is 3.55. The molecule has 72 valence electrons. The van der Waals surface area contributed by atoms with Crippen LogP contribution in [0, 0.1) is 0 Å². The molecule has 0 radical (unpaired) electrons. The summed E-state index contributed by atoms with van der Waals surface area (Å²) in [7, 11) is 0.374. The van der Waals surface area contributed by atoms with Crippen LogP contribution in [0.3, 0.4) is 0 Å². The Balaban J connectivity index is 2.73. The molecule has 2 heteroatoms. The summed E-state index contributed by atoms with van der Waals surface area (Å²) in [6.07, 6.45) is 0. The molecule has 0 bridgehead atoms. The highest BCUT2D eigenvalue weighted by Gasteiger charge is 2.11. The predicted molar refractivity (Wildman–Crippen MR) is 60.9 cm³/mol. The monoisotopic (exact) mass is 177 g/mol. The number of benzene rings is 1. The van der Waals surface area contributed by atoms with Crippen molar-refractivity contribution in [1.29, 1.82) is 0 Å². The second-order valence-corrected chi connectivity index (χ2v) is 3.45. The maximum Gasteiger partial charge on any atom is 0.168 e. The van der Waals surface area contributed by atoms with Gasteiger partial charge < -0.3 is 4.81 Å². The Morgan fingerprint density at radius 3 is 2.08 bits per heavy atom. The Morgan fingerprint density at radius 2 is 1.62 bits per heavy atom. The van der Waals surface area contributed by atoms with E-state index in [1.54, 1.807) is 0 Å². The van der Waals surface area contributed by atoms with Gasteiger partial charge in [-0.05, 0) is 20.8 Å². The molecule has 0 spiro atoms. The van der Waals surface area contributed by atoms with Crippen LogP contribution >= 0.6 is 0 Å². The molecule has 1 rings (SSSR count). The molecule has 13 heavy (non-hydrogen) atoms. The van der Waals surface area contributed by atoms with Crippen LogP contribution in [0.1, 0.15) is 32.4 Å². The smallest absolute Gasteiger partial charge is 0.168 e. The van der Waals surface area contributed by atoms with Gasteiger partial charge in [-0.2, -0.15) is 0 Å². The molecule has 0 saturated heterocycles. The first kappa shape index (κ1) is 10.3. The zero-order chi connectivity index (χ0) is 9.84. The fourth-order valence-electron chi connectivity index (χ4n) is 1.34. The minimum absolute atomic E-state index is 0.374. The van der Waals surface area contributed by atoms with E-state index in [2.05, 4.69) is 51.1 Å². The van der Waals surface area contributed by atoms with Gasteiger partial charge in [-0.25, -0.2) is 0 Å². The molecule has 0 fully saturated rings. The predicted octanol–water partition coefficient (Wildman–Crippen LogP) is 0.321. The molecule has 1 N–H and O–H groups in total. The highest BCUT2D eigenvalue weighted by molar-refractivity contribution is 5.95. The molecule has 0 aliphatic carbocycles. The van der Waals surface area contributed by atoms with Crippen molar-refractivity contribution >= 4 is 7.98 Å². The van der Waals surface area contributed by atoms with Crippen LogP contribution in [0.25, 0.3) is 0 Å². The second kappa shape index (κ2) is 4.47. The van der Waals surface area contributed by atoms with Crippen LogP contribution in [-0.2, 0) is 0 Å². The average molecular weight is 177 g/mol. The Bertz CT molecular complexity index is 246. The molecule has 2 unspecified atom stereocenters. The highest BCUT2D eigenvalue weighted by Crippen LogP contribution is 2.07. The third kappa shape index (κ3) is 2.59. The van der Waals surface area contributed by atoms with E-state index < -0.39 is 0 Å². The summed E-state index contributed by atoms with van der Waals surface area (Å²) in [5, 5.41) is 0. The van der Waals surface area contributed by atoms with Gasteiger partial charge >= 0.3 is 0 Å². The molecule has 1 aromatic rings. The van der Waals surface area contributed by atoms with Crippen molar-refractivity contribution in [2.24, 2.45) is 0 Å². The molecule has 0 aliphatic rings. The van der Waals surface area contributed by atoms with Crippen molar-refractivity contribution in [3.63, 3.8) is 0 Å². The first-order valence-electron chi connectivity index (χ1n) is 4.51. The van der Waals surface area contributed by atoms with Crippen molar-refractivity contribution < 1.29 is 4.81 Å². The molecular formula is C11H20BN. The van der Waals surface area contributed by atoms with Gasteiger partial charge in [-0.1, -0.05) is 30.3 Å². The summed E-state index contributed by atoms with van der Waals surface area (Å²) in [4.78, 5) is 1.81. The topological polar surface area (TPSA) is 4.44 Å². The van der Waals surface area contributed by atoms with E-state index in [0.717, 1.165) is 6.04 Å². The number of nitrogens with one attached hydrogen (secondary N) is 1. The molecule has 2 atom stereocenters. The lowest BCUT2D eigenvalue weighted by atomic mass is 10.0. The average Bonchev–Trinajstić information content (AvgIpc) is 2.17. The van der Waals surface area contributed by atoms with Crippen molar-refractivity contribution in [2.75, 3.05) is 0 Å². The molecular weight excluding hydrogens is 157 g/mol. The van der Waals surface area contributed by atoms with Gasteiger partial charge in [-0.3, -0.25) is 0 Å². The summed E-state index contributed by atoms with van der Waals surface area (Å²) >= 11 is 0. The zero-order valence-corrected chi connectivity index (χ0v) is 8.04. The third-order valence-electron chi connectivity index (χ3n) is 1.88. The van der Waals surface area contributed by atoms with E-state index in [0.29, 0.717) is 14.0 Å². The first-order valence-corrected chi connectivity index (χ1v) is 4.51. The van der Waals surface area contributed by atoms with Crippen LogP contribution in [0.15, 0.2) is 30.3 Å². The molecule has 0 heterocycles. The summed E-state index contributed by atoms with van der Waals surface area (Å²) < 4.78 is 0. The Hall–Kier alpha value is -0.755. The lowest BCUT2D eigenvalue weighted by molar-refractivity contribution is -0.836. The summed E-state index contributed by atoms with van der Waals surface area (Å²) in [6.45, 7) is 6.99. The van der Waals surface area contributed by atoms with Gasteiger partial charge in [-0.15, -0.1) is 0 Å². The van der Waals surface area contributed by atoms with E-state index in [1.807, 2.05) is 4.81 Å². The van der Waals surface area contributed by atoms with E-state index in [9.17, 15) is 0 Å². The number of hydrogen-bond acceptors (Lipinski definition) is 0. The van der Waals surface area contributed by atoms with Gasteiger partial charge in [0.2, 0.25) is 0 Å². The highest BCUT2D eigenvalue weighted by atomic mass is 15.1. The number of rotatable bonds is 3. The van der Waals surface area contributed by atoms with Gasteiger partial charge in [0.15, 0.2) is 7.98 Å². The number of quaternary nitrogens is 1. The van der Waals surface area contributed by atoms with Crippen LogP contribution in [-0.4, -0.2) is 14.0 Å². The molecule has 0 saturated carbocycles. The molecule has 0 aromatic heterocycles. The molecule has 1 nitrogen and oxygen atoms in total. The Labute approximate surface area is 82.2 Å².